The van der Waals surface area contributed by atoms with Gasteiger partial charge in [-0.2, -0.15) is 0 Å². The molecule has 3 rings (SSSR count). The summed E-state index contributed by atoms with van der Waals surface area (Å²) in [6, 6.07) is 0.829. The summed E-state index contributed by atoms with van der Waals surface area (Å²) in [7, 11) is 0. The molecule has 1 amide bonds. The Morgan fingerprint density at radius 1 is 1.06 bits per heavy atom. The van der Waals surface area contributed by atoms with Gasteiger partial charge in [-0.05, 0) is 25.7 Å². The lowest BCUT2D eigenvalue weighted by molar-refractivity contribution is -0.135. The zero-order chi connectivity index (χ0) is 10.5. The first-order valence-corrected chi connectivity index (χ1v) is 6.01. The molecule has 0 aromatic heterocycles. The van der Waals surface area contributed by atoms with Crippen molar-refractivity contribution < 1.29 is 4.79 Å². The van der Waals surface area contributed by atoms with Crippen LogP contribution in [0, 0.1) is 0 Å². The topological polar surface area (TPSA) is 49.6 Å². The summed E-state index contributed by atoms with van der Waals surface area (Å²) >= 11 is 0. The van der Waals surface area contributed by atoms with Crippen LogP contribution >= 0.6 is 24.8 Å². The number of nitrogens with two attached hydrogens (primary N) is 1. The molecule has 3 aliphatic rings. The van der Waals surface area contributed by atoms with E-state index >= 15 is 0 Å². The summed E-state index contributed by atoms with van der Waals surface area (Å²) in [5.41, 5.74) is 5.45. The molecular formula is C11H21Cl2N3O. The van der Waals surface area contributed by atoms with Crippen molar-refractivity contribution in [3.8, 4) is 0 Å². The minimum absolute atomic E-state index is 0. The summed E-state index contributed by atoms with van der Waals surface area (Å²) in [5.74, 6) is 0.193. The first-order chi connectivity index (χ1) is 7.19. The van der Waals surface area contributed by atoms with Crippen LogP contribution in [-0.4, -0.2) is 53.5 Å². The molecule has 0 radical (unpaired) electrons. The van der Waals surface area contributed by atoms with Gasteiger partial charge in [0.1, 0.15) is 0 Å². The van der Waals surface area contributed by atoms with Gasteiger partial charge in [-0.1, -0.05) is 0 Å². The number of piperazine rings is 1. The summed E-state index contributed by atoms with van der Waals surface area (Å²) < 4.78 is 0. The van der Waals surface area contributed by atoms with Gasteiger partial charge in [0, 0.05) is 32.2 Å². The number of amides is 1. The van der Waals surface area contributed by atoms with Crippen LogP contribution in [0.25, 0.3) is 0 Å². The summed E-state index contributed by atoms with van der Waals surface area (Å²) in [5, 5.41) is 0. The van der Waals surface area contributed by atoms with Crippen molar-refractivity contribution in [2.75, 3.05) is 26.2 Å². The molecule has 3 fully saturated rings. The maximum absolute atomic E-state index is 12.0. The Bertz CT molecular complexity index is 284. The standard InChI is InChI=1S/C11H19N3O.2ClH/c12-11(3-4-11)10(15)14-7-5-13(6-8-14)9-1-2-9;;/h9H,1-8,12H2;2*1H. The van der Waals surface area contributed by atoms with E-state index in [9.17, 15) is 4.79 Å². The van der Waals surface area contributed by atoms with Crippen LogP contribution < -0.4 is 5.73 Å². The molecule has 1 heterocycles. The summed E-state index contributed by atoms with van der Waals surface area (Å²) in [6.07, 6.45) is 4.48. The van der Waals surface area contributed by atoms with Gasteiger partial charge in [-0.25, -0.2) is 0 Å². The summed E-state index contributed by atoms with van der Waals surface area (Å²) in [6.45, 7) is 3.86. The van der Waals surface area contributed by atoms with Crippen LogP contribution in [-0.2, 0) is 4.79 Å². The predicted molar refractivity (Wildman–Crippen MR) is 71.8 cm³/mol. The lowest BCUT2D eigenvalue weighted by atomic mass is 10.2. The van der Waals surface area contributed by atoms with Gasteiger partial charge < -0.3 is 10.6 Å². The highest BCUT2D eigenvalue weighted by Crippen LogP contribution is 2.35. The number of hydrogen-bond acceptors (Lipinski definition) is 3. The molecule has 2 saturated carbocycles. The number of carbonyl (C=O) groups excluding carboxylic acids is 1. The highest BCUT2D eigenvalue weighted by Gasteiger charge is 2.48. The molecular weight excluding hydrogens is 261 g/mol. The largest absolute Gasteiger partial charge is 0.339 e. The minimum Gasteiger partial charge on any atom is -0.339 e. The fourth-order valence-corrected chi connectivity index (χ4v) is 2.39. The van der Waals surface area contributed by atoms with Gasteiger partial charge in [0.25, 0.3) is 0 Å². The van der Waals surface area contributed by atoms with Crippen LogP contribution in [0.5, 0.6) is 0 Å². The van der Waals surface area contributed by atoms with Crippen molar-refractivity contribution in [1.82, 2.24) is 9.80 Å². The third-order valence-corrected chi connectivity index (χ3v) is 3.88. The number of carbonyl (C=O) groups is 1. The molecule has 0 unspecified atom stereocenters. The normalized spacial score (nSPS) is 26.8. The first-order valence-electron chi connectivity index (χ1n) is 6.01. The lowest BCUT2D eigenvalue weighted by Crippen LogP contribution is -2.54. The van der Waals surface area contributed by atoms with E-state index in [0.29, 0.717) is 0 Å². The predicted octanol–water partition coefficient (Wildman–Crippen LogP) is 0.628. The fourth-order valence-electron chi connectivity index (χ4n) is 2.39. The highest BCUT2D eigenvalue weighted by atomic mass is 35.5. The molecule has 0 aromatic carbocycles. The average Bonchev–Trinajstić information content (AvgIpc) is 3.11. The zero-order valence-corrected chi connectivity index (χ0v) is 11.6. The molecule has 100 valence electrons. The quantitative estimate of drug-likeness (QED) is 0.808. The number of hydrogen-bond donors (Lipinski definition) is 1. The smallest absolute Gasteiger partial charge is 0.242 e. The first kappa shape index (κ1) is 15.0. The Hall–Kier alpha value is -0.0300. The number of nitrogens with zero attached hydrogens (tertiary/aromatic N) is 2. The Kier molecular flexibility index (Phi) is 4.69. The van der Waals surface area contributed by atoms with Crippen LogP contribution in [0.1, 0.15) is 25.7 Å². The highest BCUT2D eigenvalue weighted by molar-refractivity contribution is 5.89. The van der Waals surface area contributed by atoms with Gasteiger partial charge in [0.15, 0.2) is 0 Å². The summed E-state index contributed by atoms with van der Waals surface area (Å²) in [4.78, 5) is 16.4. The van der Waals surface area contributed by atoms with Gasteiger partial charge in [-0.15, -0.1) is 24.8 Å². The van der Waals surface area contributed by atoms with Crippen LogP contribution in [0.2, 0.25) is 0 Å². The fraction of sp³-hybridized carbons (Fsp3) is 0.909. The van der Waals surface area contributed by atoms with Crippen molar-refractivity contribution >= 4 is 30.7 Å². The van der Waals surface area contributed by atoms with Crippen molar-refractivity contribution in [3.05, 3.63) is 0 Å². The molecule has 6 heteroatoms. The van der Waals surface area contributed by atoms with Gasteiger partial charge in [0.05, 0.1) is 5.54 Å². The molecule has 17 heavy (non-hydrogen) atoms. The molecule has 0 bridgehead atoms. The molecule has 0 aromatic rings. The molecule has 2 aliphatic carbocycles. The SMILES string of the molecule is Cl.Cl.NC1(C(=O)N2CCN(C3CC3)CC2)CC1. The van der Waals surface area contributed by atoms with E-state index in [-0.39, 0.29) is 30.7 Å². The van der Waals surface area contributed by atoms with Crippen LogP contribution in [0.4, 0.5) is 0 Å². The number of halogens is 2. The molecule has 0 atom stereocenters. The molecule has 2 N–H and O–H groups in total. The maximum Gasteiger partial charge on any atom is 0.242 e. The van der Waals surface area contributed by atoms with E-state index in [4.69, 9.17) is 5.73 Å². The van der Waals surface area contributed by atoms with Crippen LogP contribution in [0.3, 0.4) is 0 Å². The van der Waals surface area contributed by atoms with E-state index < -0.39 is 5.54 Å². The van der Waals surface area contributed by atoms with Gasteiger partial charge in [-0.3, -0.25) is 9.69 Å². The van der Waals surface area contributed by atoms with Gasteiger partial charge in [0.2, 0.25) is 5.91 Å². The van der Waals surface area contributed by atoms with Crippen molar-refractivity contribution in [2.24, 2.45) is 5.73 Å². The second-order valence-corrected chi connectivity index (χ2v) is 5.22. The van der Waals surface area contributed by atoms with E-state index in [1.54, 1.807) is 0 Å². The second-order valence-electron chi connectivity index (χ2n) is 5.22. The second kappa shape index (κ2) is 5.31. The average molecular weight is 282 g/mol. The van der Waals surface area contributed by atoms with Gasteiger partial charge >= 0.3 is 0 Å². The molecule has 1 saturated heterocycles. The van der Waals surface area contributed by atoms with E-state index in [1.165, 1.54) is 12.8 Å². The van der Waals surface area contributed by atoms with Crippen molar-refractivity contribution in [2.45, 2.75) is 37.3 Å². The third-order valence-electron chi connectivity index (χ3n) is 3.88. The van der Waals surface area contributed by atoms with E-state index in [0.717, 1.165) is 45.1 Å². The Labute approximate surface area is 115 Å². The minimum atomic E-state index is -0.470. The van der Waals surface area contributed by atoms with Crippen molar-refractivity contribution in [3.63, 3.8) is 0 Å². The van der Waals surface area contributed by atoms with Crippen LogP contribution in [0.15, 0.2) is 0 Å². The van der Waals surface area contributed by atoms with E-state index in [2.05, 4.69) is 4.90 Å². The third kappa shape index (κ3) is 3.05. The zero-order valence-electron chi connectivity index (χ0n) is 9.93. The Balaban J connectivity index is 0.000000722. The molecule has 0 spiro atoms. The molecule has 4 nitrogen and oxygen atoms in total. The Morgan fingerprint density at radius 3 is 2.00 bits per heavy atom. The molecule has 1 aliphatic heterocycles. The number of rotatable bonds is 2. The van der Waals surface area contributed by atoms with E-state index in [1.807, 2.05) is 4.90 Å². The van der Waals surface area contributed by atoms with Crippen molar-refractivity contribution in [1.29, 1.82) is 0 Å². The Morgan fingerprint density at radius 2 is 1.59 bits per heavy atom. The lowest BCUT2D eigenvalue weighted by Gasteiger charge is -2.36. The monoisotopic (exact) mass is 281 g/mol. The maximum atomic E-state index is 12.0.